The van der Waals surface area contributed by atoms with Crippen LogP contribution in [0.4, 0.5) is 0 Å². The number of carbonyl (C=O) groups is 1. The van der Waals surface area contributed by atoms with E-state index in [-0.39, 0.29) is 18.2 Å². The molecule has 1 N–H and O–H groups in total. The van der Waals surface area contributed by atoms with E-state index in [1.165, 1.54) is 4.90 Å². The molecule has 0 unspecified atom stereocenters. The van der Waals surface area contributed by atoms with Gasteiger partial charge in [-0.15, -0.1) is 0 Å². The molecule has 0 saturated heterocycles. The molecule has 0 aromatic heterocycles. The third-order valence-electron chi connectivity index (χ3n) is 2.79. The summed E-state index contributed by atoms with van der Waals surface area (Å²) in [5.41, 5.74) is 1.06. The van der Waals surface area contributed by atoms with Crippen molar-refractivity contribution in [1.29, 1.82) is 0 Å². The number of amides is 1. The van der Waals surface area contributed by atoms with E-state index in [9.17, 15) is 9.90 Å². The van der Waals surface area contributed by atoms with Gasteiger partial charge < -0.3 is 10.0 Å². The van der Waals surface area contributed by atoms with Crippen molar-refractivity contribution in [3.8, 4) is 0 Å². The molecule has 0 spiro atoms. The number of carbonyl (C=O) groups excluding carboxylic acids is 1. The second kappa shape index (κ2) is 5.66. The third-order valence-corrected chi connectivity index (χ3v) is 2.79. The number of hydrogen-bond donors (Lipinski definition) is 1. The molecule has 2 atom stereocenters. The first-order valence-electron chi connectivity index (χ1n) is 5.45. The first kappa shape index (κ1) is 12.7. The summed E-state index contributed by atoms with van der Waals surface area (Å²) in [6.07, 6.45) is -0.458. The fraction of sp³-hybridized carbons (Fsp3) is 0.462. The van der Waals surface area contributed by atoms with E-state index < -0.39 is 6.10 Å². The zero-order valence-corrected chi connectivity index (χ0v) is 10.1. The van der Waals surface area contributed by atoms with Crippen molar-refractivity contribution in [3.63, 3.8) is 0 Å². The first-order chi connectivity index (χ1) is 7.52. The summed E-state index contributed by atoms with van der Waals surface area (Å²) in [6, 6.07) is 9.74. The minimum Gasteiger partial charge on any atom is -0.392 e. The minimum absolute atomic E-state index is 0.0231. The van der Waals surface area contributed by atoms with Crippen molar-refractivity contribution in [3.05, 3.63) is 35.9 Å². The highest BCUT2D eigenvalue weighted by atomic mass is 16.3. The van der Waals surface area contributed by atoms with E-state index in [2.05, 4.69) is 0 Å². The molecule has 1 aromatic rings. The average Bonchev–Trinajstić information content (AvgIpc) is 2.28. The van der Waals surface area contributed by atoms with Crippen molar-refractivity contribution in [2.45, 2.75) is 25.4 Å². The summed E-state index contributed by atoms with van der Waals surface area (Å²) >= 11 is 0. The van der Waals surface area contributed by atoms with Crippen molar-refractivity contribution >= 4 is 5.91 Å². The van der Waals surface area contributed by atoms with Crippen LogP contribution >= 0.6 is 0 Å². The number of hydrogen-bond acceptors (Lipinski definition) is 2. The van der Waals surface area contributed by atoms with Gasteiger partial charge in [0.2, 0.25) is 5.91 Å². The molecule has 0 bridgehead atoms. The van der Waals surface area contributed by atoms with Crippen molar-refractivity contribution < 1.29 is 9.90 Å². The van der Waals surface area contributed by atoms with Gasteiger partial charge in [0.25, 0.3) is 0 Å². The predicted molar refractivity (Wildman–Crippen MR) is 64.2 cm³/mol. The lowest BCUT2D eigenvalue weighted by atomic mass is 9.93. The van der Waals surface area contributed by atoms with Gasteiger partial charge in [-0.1, -0.05) is 37.3 Å². The van der Waals surface area contributed by atoms with Gasteiger partial charge in [0.1, 0.15) is 0 Å². The van der Waals surface area contributed by atoms with Gasteiger partial charge in [-0.2, -0.15) is 0 Å². The Balaban J connectivity index is 2.61. The summed E-state index contributed by atoms with van der Waals surface area (Å²) < 4.78 is 0. The lowest BCUT2D eigenvalue weighted by Crippen LogP contribution is -2.28. The van der Waals surface area contributed by atoms with Gasteiger partial charge in [0.15, 0.2) is 0 Å². The molecule has 1 amide bonds. The quantitative estimate of drug-likeness (QED) is 0.839. The van der Waals surface area contributed by atoms with Crippen LogP contribution in [-0.4, -0.2) is 36.1 Å². The second-order valence-corrected chi connectivity index (χ2v) is 4.26. The fourth-order valence-corrected chi connectivity index (χ4v) is 1.52. The SMILES string of the molecule is C[C@H](c1ccccc1)[C@@H](O)CC(=O)N(C)C. The number of aliphatic hydroxyl groups is 1. The monoisotopic (exact) mass is 221 g/mol. The fourth-order valence-electron chi connectivity index (χ4n) is 1.52. The molecule has 3 nitrogen and oxygen atoms in total. The van der Waals surface area contributed by atoms with Gasteiger partial charge in [-0.3, -0.25) is 4.79 Å². The maximum atomic E-state index is 11.5. The summed E-state index contributed by atoms with van der Waals surface area (Å²) in [5, 5.41) is 9.94. The van der Waals surface area contributed by atoms with E-state index in [1.807, 2.05) is 37.3 Å². The normalized spacial score (nSPS) is 14.2. The zero-order valence-electron chi connectivity index (χ0n) is 10.1. The molecule has 1 aromatic carbocycles. The maximum absolute atomic E-state index is 11.5. The maximum Gasteiger partial charge on any atom is 0.224 e. The highest BCUT2D eigenvalue weighted by Gasteiger charge is 2.19. The smallest absolute Gasteiger partial charge is 0.224 e. The number of nitrogens with zero attached hydrogens (tertiary/aromatic N) is 1. The van der Waals surface area contributed by atoms with Crippen LogP contribution < -0.4 is 0 Å². The van der Waals surface area contributed by atoms with Crippen LogP contribution in [0.1, 0.15) is 24.8 Å². The van der Waals surface area contributed by atoms with Gasteiger partial charge >= 0.3 is 0 Å². The number of benzene rings is 1. The van der Waals surface area contributed by atoms with Crippen molar-refractivity contribution in [1.82, 2.24) is 4.90 Å². The minimum atomic E-state index is -0.628. The lowest BCUT2D eigenvalue weighted by molar-refractivity contribution is -0.130. The van der Waals surface area contributed by atoms with Gasteiger partial charge in [0, 0.05) is 20.0 Å². The second-order valence-electron chi connectivity index (χ2n) is 4.26. The van der Waals surface area contributed by atoms with E-state index in [0.29, 0.717) is 0 Å². The van der Waals surface area contributed by atoms with E-state index in [1.54, 1.807) is 14.1 Å². The Labute approximate surface area is 96.7 Å². The Morgan fingerprint density at radius 3 is 2.38 bits per heavy atom. The van der Waals surface area contributed by atoms with Gasteiger partial charge in [-0.25, -0.2) is 0 Å². The molecule has 16 heavy (non-hydrogen) atoms. The molecule has 1 rings (SSSR count). The standard InChI is InChI=1S/C13H19NO2/c1-10(11-7-5-4-6-8-11)12(15)9-13(16)14(2)3/h4-8,10,12,15H,9H2,1-3H3/t10-,12+/m1/s1. The third kappa shape index (κ3) is 3.35. The summed E-state index contributed by atoms with van der Waals surface area (Å²) in [7, 11) is 3.39. The Hall–Kier alpha value is -1.35. The molecule has 0 radical (unpaired) electrons. The molecule has 0 aliphatic rings. The largest absolute Gasteiger partial charge is 0.392 e. The Morgan fingerprint density at radius 2 is 1.88 bits per heavy atom. The van der Waals surface area contributed by atoms with Crippen LogP contribution in [0.25, 0.3) is 0 Å². The van der Waals surface area contributed by atoms with Crippen LogP contribution in [0.5, 0.6) is 0 Å². The lowest BCUT2D eigenvalue weighted by Gasteiger charge is -2.20. The zero-order chi connectivity index (χ0) is 12.1. The summed E-state index contributed by atoms with van der Waals surface area (Å²) in [6.45, 7) is 1.93. The first-order valence-corrected chi connectivity index (χ1v) is 5.45. The molecular formula is C13H19NO2. The molecule has 0 saturated carbocycles. The summed E-state index contributed by atoms with van der Waals surface area (Å²) in [5.74, 6) is -0.0691. The van der Waals surface area contributed by atoms with Crippen LogP contribution in [0.3, 0.4) is 0 Å². The Kier molecular flexibility index (Phi) is 4.50. The predicted octanol–water partition coefficient (Wildman–Crippen LogP) is 1.63. The Morgan fingerprint density at radius 1 is 1.31 bits per heavy atom. The molecule has 3 heteroatoms. The molecular weight excluding hydrogens is 202 g/mol. The molecule has 88 valence electrons. The van der Waals surface area contributed by atoms with Gasteiger partial charge in [-0.05, 0) is 5.56 Å². The molecule has 0 heterocycles. The van der Waals surface area contributed by atoms with Gasteiger partial charge in [0.05, 0.1) is 12.5 Å². The van der Waals surface area contributed by atoms with Crippen LogP contribution in [0.2, 0.25) is 0 Å². The van der Waals surface area contributed by atoms with E-state index in [0.717, 1.165) is 5.56 Å². The highest BCUT2D eigenvalue weighted by molar-refractivity contribution is 5.76. The topological polar surface area (TPSA) is 40.5 Å². The summed E-state index contributed by atoms with van der Waals surface area (Å²) in [4.78, 5) is 13.0. The average molecular weight is 221 g/mol. The molecule has 0 aliphatic carbocycles. The van der Waals surface area contributed by atoms with Crippen LogP contribution in [0.15, 0.2) is 30.3 Å². The van der Waals surface area contributed by atoms with Crippen LogP contribution in [0, 0.1) is 0 Å². The van der Waals surface area contributed by atoms with E-state index >= 15 is 0 Å². The number of rotatable bonds is 4. The highest BCUT2D eigenvalue weighted by Crippen LogP contribution is 2.21. The molecule has 0 aliphatic heterocycles. The number of aliphatic hydroxyl groups excluding tert-OH is 1. The Bertz CT molecular complexity index is 335. The van der Waals surface area contributed by atoms with E-state index in [4.69, 9.17) is 0 Å². The van der Waals surface area contributed by atoms with Crippen molar-refractivity contribution in [2.24, 2.45) is 0 Å². The molecule has 0 fully saturated rings. The van der Waals surface area contributed by atoms with Crippen LogP contribution in [-0.2, 0) is 4.79 Å². The van der Waals surface area contributed by atoms with Crippen molar-refractivity contribution in [2.75, 3.05) is 14.1 Å².